The molecule has 1 N–H and O–H groups in total. The van der Waals surface area contributed by atoms with E-state index in [-0.39, 0.29) is 24.8 Å². The number of benzene rings is 3. The number of hydrogen-bond acceptors (Lipinski definition) is 3. The van der Waals surface area contributed by atoms with Gasteiger partial charge in [-0.25, -0.2) is 0 Å². The summed E-state index contributed by atoms with van der Waals surface area (Å²) in [6.45, 7) is 0.917. The molecule has 3 aromatic carbocycles. The van der Waals surface area contributed by atoms with Gasteiger partial charge in [0.05, 0.1) is 23.7 Å². The van der Waals surface area contributed by atoms with Crippen LogP contribution in [-0.4, -0.2) is 25.0 Å². The molecule has 1 fully saturated rings. The van der Waals surface area contributed by atoms with Crippen LogP contribution in [0.5, 0.6) is 5.75 Å². The van der Waals surface area contributed by atoms with Crippen molar-refractivity contribution in [1.29, 1.82) is 0 Å². The van der Waals surface area contributed by atoms with Crippen molar-refractivity contribution in [2.75, 3.05) is 23.4 Å². The molecule has 0 spiro atoms. The van der Waals surface area contributed by atoms with E-state index in [1.165, 1.54) is 0 Å². The predicted octanol–water partition coefficient (Wildman–Crippen LogP) is 5.54. The van der Waals surface area contributed by atoms with E-state index in [1.807, 2.05) is 54.6 Å². The summed E-state index contributed by atoms with van der Waals surface area (Å²) in [5.74, 6) is 0.614. The van der Waals surface area contributed by atoms with Crippen LogP contribution in [0, 0.1) is 0 Å². The molecular formula is C25H23ClN2O3. The fourth-order valence-electron chi connectivity index (χ4n) is 3.61. The molecule has 2 amide bonds. The Hall–Kier alpha value is -3.31. The third-order valence-corrected chi connectivity index (χ3v) is 5.50. The number of para-hydroxylation sites is 1. The van der Waals surface area contributed by atoms with Crippen LogP contribution in [0.1, 0.15) is 19.3 Å². The topological polar surface area (TPSA) is 58.6 Å². The molecule has 1 aliphatic rings. The summed E-state index contributed by atoms with van der Waals surface area (Å²) < 4.78 is 5.90. The van der Waals surface area contributed by atoms with Crippen LogP contribution in [0.2, 0.25) is 5.02 Å². The normalized spacial score (nSPS) is 13.3. The van der Waals surface area contributed by atoms with Crippen LogP contribution in [0.3, 0.4) is 0 Å². The number of nitrogens with zero attached hydrogens (tertiary/aromatic N) is 1. The van der Waals surface area contributed by atoms with Gasteiger partial charge in [-0.2, -0.15) is 0 Å². The number of anilines is 2. The lowest BCUT2D eigenvalue weighted by Crippen LogP contribution is -2.24. The Kier molecular flexibility index (Phi) is 6.53. The molecule has 31 heavy (non-hydrogen) atoms. The maximum absolute atomic E-state index is 12.5. The molecule has 3 aromatic rings. The van der Waals surface area contributed by atoms with Gasteiger partial charge in [0.1, 0.15) is 5.75 Å². The number of hydrogen-bond donors (Lipinski definition) is 1. The second kappa shape index (κ2) is 9.67. The standard InChI is InChI=1S/C25H23ClN2O3/c26-21-13-12-19(28-15-6-11-25(28)30)17-22(21)27-24(29)14-16-31-23-10-5-4-9-20(23)18-7-2-1-3-8-18/h1-5,7-10,12-13,17H,6,11,14-16H2,(H,27,29). The molecule has 0 aliphatic carbocycles. The maximum Gasteiger partial charge on any atom is 0.227 e. The Morgan fingerprint density at radius 3 is 2.58 bits per heavy atom. The van der Waals surface area contributed by atoms with Crippen molar-refractivity contribution >= 4 is 34.8 Å². The predicted molar refractivity (Wildman–Crippen MR) is 124 cm³/mol. The fraction of sp³-hybridized carbons (Fsp3) is 0.200. The summed E-state index contributed by atoms with van der Waals surface area (Å²) in [5.41, 5.74) is 3.28. The summed E-state index contributed by atoms with van der Waals surface area (Å²) in [7, 11) is 0. The number of carbonyl (C=O) groups is 2. The van der Waals surface area contributed by atoms with E-state index < -0.39 is 0 Å². The van der Waals surface area contributed by atoms with Crippen molar-refractivity contribution in [3.05, 3.63) is 77.8 Å². The Morgan fingerprint density at radius 1 is 1.03 bits per heavy atom. The lowest BCUT2D eigenvalue weighted by molar-refractivity contribution is -0.117. The minimum atomic E-state index is -0.205. The van der Waals surface area contributed by atoms with Gasteiger partial charge in [0, 0.05) is 24.2 Å². The molecule has 6 heteroatoms. The highest BCUT2D eigenvalue weighted by molar-refractivity contribution is 6.33. The average molecular weight is 435 g/mol. The molecular weight excluding hydrogens is 412 g/mol. The Balaban J connectivity index is 1.37. The van der Waals surface area contributed by atoms with E-state index in [9.17, 15) is 9.59 Å². The molecule has 0 unspecified atom stereocenters. The zero-order chi connectivity index (χ0) is 21.6. The quantitative estimate of drug-likeness (QED) is 0.531. The molecule has 0 saturated carbocycles. The summed E-state index contributed by atoms with van der Waals surface area (Å²) in [5, 5.41) is 3.26. The zero-order valence-corrected chi connectivity index (χ0v) is 17.8. The molecule has 1 saturated heterocycles. The minimum Gasteiger partial charge on any atom is -0.492 e. The average Bonchev–Trinajstić information content (AvgIpc) is 3.22. The summed E-state index contributed by atoms with van der Waals surface area (Å²) in [4.78, 5) is 26.2. The van der Waals surface area contributed by atoms with E-state index in [2.05, 4.69) is 5.32 Å². The monoisotopic (exact) mass is 434 g/mol. The second-order valence-electron chi connectivity index (χ2n) is 7.32. The van der Waals surface area contributed by atoms with Gasteiger partial charge in [0.25, 0.3) is 0 Å². The fourth-order valence-corrected chi connectivity index (χ4v) is 3.78. The van der Waals surface area contributed by atoms with Crippen LogP contribution >= 0.6 is 11.6 Å². The number of halogens is 1. The Labute approximate surface area is 186 Å². The summed E-state index contributed by atoms with van der Waals surface area (Å²) in [6.07, 6.45) is 1.56. The second-order valence-corrected chi connectivity index (χ2v) is 7.73. The zero-order valence-electron chi connectivity index (χ0n) is 17.0. The third kappa shape index (κ3) is 5.06. The van der Waals surface area contributed by atoms with Crippen LogP contribution in [0.4, 0.5) is 11.4 Å². The molecule has 4 rings (SSSR count). The van der Waals surface area contributed by atoms with Gasteiger partial charge in [0.15, 0.2) is 0 Å². The van der Waals surface area contributed by atoms with E-state index in [0.29, 0.717) is 23.7 Å². The van der Waals surface area contributed by atoms with Crippen molar-refractivity contribution in [1.82, 2.24) is 0 Å². The van der Waals surface area contributed by atoms with Crippen LogP contribution < -0.4 is 15.0 Å². The van der Waals surface area contributed by atoms with E-state index >= 15 is 0 Å². The summed E-state index contributed by atoms with van der Waals surface area (Å²) in [6, 6.07) is 23.0. The van der Waals surface area contributed by atoms with Crippen molar-refractivity contribution in [3.8, 4) is 16.9 Å². The van der Waals surface area contributed by atoms with Gasteiger partial charge in [-0.05, 0) is 36.2 Å². The number of carbonyl (C=O) groups excluding carboxylic acids is 2. The van der Waals surface area contributed by atoms with E-state index in [0.717, 1.165) is 29.0 Å². The van der Waals surface area contributed by atoms with Crippen LogP contribution in [0.25, 0.3) is 11.1 Å². The first kappa shape index (κ1) is 20.9. The largest absolute Gasteiger partial charge is 0.492 e. The van der Waals surface area contributed by atoms with Crippen molar-refractivity contribution in [2.45, 2.75) is 19.3 Å². The Bertz CT molecular complexity index is 1090. The molecule has 5 nitrogen and oxygen atoms in total. The molecule has 1 aliphatic heterocycles. The molecule has 0 aromatic heterocycles. The number of amides is 2. The van der Waals surface area contributed by atoms with Gasteiger partial charge >= 0.3 is 0 Å². The highest BCUT2D eigenvalue weighted by Crippen LogP contribution is 2.31. The molecule has 1 heterocycles. The number of ether oxygens (including phenoxy) is 1. The Morgan fingerprint density at radius 2 is 1.81 bits per heavy atom. The molecule has 0 radical (unpaired) electrons. The summed E-state index contributed by atoms with van der Waals surface area (Å²) >= 11 is 6.25. The first-order valence-electron chi connectivity index (χ1n) is 10.3. The molecule has 0 bridgehead atoms. The van der Waals surface area contributed by atoms with Crippen molar-refractivity contribution in [2.24, 2.45) is 0 Å². The van der Waals surface area contributed by atoms with Gasteiger partial charge in [-0.3, -0.25) is 9.59 Å². The number of rotatable bonds is 7. The van der Waals surface area contributed by atoms with Gasteiger partial charge < -0.3 is 15.0 Å². The van der Waals surface area contributed by atoms with Crippen molar-refractivity contribution in [3.63, 3.8) is 0 Å². The minimum absolute atomic E-state index is 0.0880. The maximum atomic E-state index is 12.5. The van der Waals surface area contributed by atoms with Gasteiger partial charge in [-0.1, -0.05) is 60.1 Å². The molecule has 158 valence electrons. The van der Waals surface area contributed by atoms with Crippen molar-refractivity contribution < 1.29 is 14.3 Å². The van der Waals surface area contributed by atoms with Crippen LogP contribution in [0.15, 0.2) is 72.8 Å². The number of nitrogens with one attached hydrogen (secondary N) is 1. The van der Waals surface area contributed by atoms with E-state index in [4.69, 9.17) is 16.3 Å². The first-order chi connectivity index (χ1) is 15.1. The first-order valence-corrected chi connectivity index (χ1v) is 10.7. The lowest BCUT2D eigenvalue weighted by atomic mass is 10.1. The molecule has 0 atom stereocenters. The van der Waals surface area contributed by atoms with Crippen LogP contribution in [-0.2, 0) is 9.59 Å². The third-order valence-electron chi connectivity index (χ3n) is 5.17. The van der Waals surface area contributed by atoms with Gasteiger partial charge in [-0.15, -0.1) is 0 Å². The van der Waals surface area contributed by atoms with Gasteiger partial charge in [0.2, 0.25) is 11.8 Å². The highest BCUT2D eigenvalue weighted by atomic mass is 35.5. The SMILES string of the molecule is O=C(CCOc1ccccc1-c1ccccc1)Nc1cc(N2CCCC2=O)ccc1Cl. The lowest BCUT2D eigenvalue weighted by Gasteiger charge is -2.17. The smallest absolute Gasteiger partial charge is 0.227 e. The highest BCUT2D eigenvalue weighted by Gasteiger charge is 2.22. The van der Waals surface area contributed by atoms with E-state index in [1.54, 1.807) is 23.1 Å².